The fourth-order valence-electron chi connectivity index (χ4n) is 2.51. The zero-order valence-corrected chi connectivity index (χ0v) is 13.9. The summed E-state index contributed by atoms with van der Waals surface area (Å²) in [7, 11) is 0. The molecule has 1 heterocycles. The predicted octanol–water partition coefficient (Wildman–Crippen LogP) is 0.851. The molecule has 1 fully saturated rings. The highest BCUT2D eigenvalue weighted by molar-refractivity contribution is 7.99. The Kier molecular flexibility index (Phi) is 7.36. The van der Waals surface area contributed by atoms with Gasteiger partial charge in [-0.3, -0.25) is 14.6 Å². The monoisotopic (exact) mass is 334 g/mol. The zero-order chi connectivity index (χ0) is 16.5. The Hall–Kier alpha value is -1.59. The number of anilines is 1. The van der Waals surface area contributed by atoms with Crippen LogP contribution in [0.1, 0.15) is 0 Å². The van der Waals surface area contributed by atoms with Gasteiger partial charge < -0.3 is 10.4 Å². The summed E-state index contributed by atoms with van der Waals surface area (Å²) >= 11 is 1.42. The molecule has 2 N–H and O–H groups in total. The Morgan fingerprint density at radius 1 is 1.26 bits per heavy atom. The van der Waals surface area contributed by atoms with E-state index in [9.17, 15) is 4.79 Å². The van der Waals surface area contributed by atoms with E-state index in [0.29, 0.717) is 18.8 Å². The van der Waals surface area contributed by atoms with Gasteiger partial charge in [0.2, 0.25) is 5.91 Å². The lowest BCUT2D eigenvalue weighted by Crippen LogP contribution is -2.49. The predicted molar refractivity (Wildman–Crippen MR) is 91.4 cm³/mol. The van der Waals surface area contributed by atoms with Crippen LogP contribution in [0.15, 0.2) is 29.2 Å². The van der Waals surface area contributed by atoms with Crippen LogP contribution in [0.25, 0.3) is 0 Å². The third-order valence-corrected chi connectivity index (χ3v) is 4.64. The number of carbonyl (C=O) groups is 1. The van der Waals surface area contributed by atoms with Gasteiger partial charge in [-0.05, 0) is 12.1 Å². The summed E-state index contributed by atoms with van der Waals surface area (Å²) in [4.78, 5) is 17.5. The Bertz CT molecular complexity index is 553. The maximum atomic E-state index is 12.2. The summed E-state index contributed by atoms with van der Waals surface area (Å²) in [5, 5.41) is 20.6. The number of amides is 1. The van der Waals surface area contributed by atoms with Crippen molar-refractivity contribution in [2.75, 3.05) is 56.9 Å². The molecule has 0 aliphatic carbocycles. The first kappa shape index (κ1) is 17.8. The number of hydrogen-bond donors (Lipinski definition) is 2. The first-order valence-corrected chi connectivity index (χ1v) is 8.65. The molecule has 1 aliphatic rings. The van der Waals surface area contributed by atoms with Crippen LogP contribution in [0.5, 0.6) is 0 Å². The van der Waals surface area contributed by atoms with E-state index in [4.69, 9.17) is 10.4 Å². The van der Waals surface area contributed by atoms with Crippen molar-refractivity contribution in [2.24, 2.45) is 0 Å². The van der Waals surface area contributed by atoms with Gasteiger partial charge in [0.15, 0.2) is 0 Å². The van der Waals surface area contributed by atoms with Crippen molar-refractivity contribution in [3.8, 4) is 6.07 Å². The number of para-hydroxylation sites is 1. The van der Waals surface area contributed by atoms with Gasteiger partial charge in [0.1, 0.15) is 0 Å². The Balaban J connectivity index is 1.83. The molecule has 0 atom stereocenters. The van der Waals surface area contributed by atoms with Crippen LogP contribution in [0, 0.1) is 11.3 Å². The maximum absolute atomic E-state index is 12.2. The third-order valence-electron chi connectivity index (χ3n) is 3.70. The number of aliphatic hydroxyl groups excluding tert-OH is 1. The molecule has 0 saturated carbocycles. The average Bonchev–Trinajstić information content (AvgIpc) is 2.56. The SMILES string of the molecule is N#CCSc1ccccc1NC(=O)CN1CCN(CCO)CC1. The van der Waals surface area contributed by atoms with Crippen LogP contribution in [0.2, 0.25) is 0 Å². The molecule has 6 nitrogen and oxygen atoms in total. The number of piperazine rings is 1. The van der Waals surface area contributed by atoms with Crippen LogP contribution in [-0.4, -0.2) is 72.4 Å². The Labute approximate surface area is 141 Å². The van der Waals surface area contributed by atoms with Gasteiger partial charge in [-0.25, -0.2) is 0 Å². The number of β-amino-alcohol motifs (C(OH)–C–C–N with tert-alkyl or cyclic N) is 1. The minimum absolute atomic E-state index is 0.0365. The largest absolute Gasteiger partial charge is 0.395 e. The molecule has 1 aromatic carbocycles. The normalized spacial score (nSPS) is 16.0. The number of nitrogens with zero attached hydrogens (tertiary/aromatic N) is 3. The van der Waals surface area contributed by atoms with E-state index in [1.54, 1.807) is 0 Å². The molecular weight excluding hydrogens is 312 g/mol. The molecule has 0 radical (unpaired) electrons. The molecule has 1 aromatic rings. The van der Waals surface area contributed by atoms with Gasteiger partial charge in [0.05, 0.1) is 30.7 Å². The first-order valence-electron chi connectivity index (χ1n) is 7.67. The fraction of sp³-hybridized carbons (Fsp3) is 0.500. The smallest absolute Gasteiger partial charge is 0.238 e. The Morgan fingerprint density at radius 3 is 2.65 bits per heavy atom. The van der Waals surface area contributed by atoms with Crippen molar-refractivity contribution in [3.63, 3.8) is 0 Å². The highest BCUT2D eigenvalue weighted by atomic mass is 32.2. The number of carbonyl (C=O) groups excluding carboxylic acids is 1. The fourth-order valence-corrected chi connectivity index (χ4v) is 3.18. The summed E-state index contributed by atoms with van der Waals surface area (Å²) in [5.41, 5.74) is 0.761. The summed E-state index contributed by atoms with van der Waals surface area (Å²) < 4.78 is 0. The summed E-state index contributed by atoms with van der Waals surface area (Å²) in [6, 6.07) is 9.64. The van der Waals surface area contributed by atoms with E-state index in [2.05, 4.69) is 21.2 Å². The molecule has 0 unspecified atom stereocenters. The number of thioether (sulfide) groups is 1. The van der Waals surface area contributed by atoms with E-state index < -0.39 is 0 Å². The molecule has 7 heteroatoms. The highest BCUT2D eigenvalue weighted by Gasteiger charge is 2.18. The van der Waals surface area contributed by atoms with Crippen LogP contribution in [-0.2, 0) is 4.79 Å². The van der Waals surface area contributed by atoms with Crippen LogP contribution in [0.4, 0.5) is 5.69 Å². The number of nitrogens with one attached hydrogen (secondary N) is 1. The van der Waals surface area contributed by atoms with Crippen molar-refractivity contribution < 1.29 is 9.90 Å². The summed E-state index contributed by atoms with van der Waals surface area (Å²) in [5.74, 6) is 0.324. The second-order valence-electron chi connectivity index (χ2n) is 5.33. The van der Waals surface area contributed by atoms with Crippen molar-refractivity contribution >= 4 is 23.4 Å². The second-order valence-corrected chi connectivity index (χ2v) is 6.35. The minimum Gasteiger partial charge on any atom is -0.395 e. The van der Waals surface area contributed by atoms with Crippen LogP contribution in [0.3, 0.4) is 0 Å². The zero-order valence-electron chi connectivity index (χ0n) is 13.1. The number of nitriles is 1. The van der Waals surface area contributed by atoms with Crippen LogP contribution < -0.4 is 5.32 Å². The minimum atomic E-state index is -0.0365. The lowest BCUT2D eigenvalue weighted by atomic mass is 10.3. The van der Waals surface area contributed by atoms with Gasteiger partial charge >= 0.3 is 0 Å². The molecule has 124 valence electrons. The lowest BCUT2D eigenvalue weighted by molar-refractivity contribution is -0.117. The topological polar surface area (TPSA) is 79.6 Å². The molecule has 2 rings (SSSR count). The second kappa shape index (κ2) is 9.53. The average molecular weight is 334 g/mol. The molecule has 1 saturated heterocycles. The molecule has 1 aliphatic heterocycles. The van der Waals surface area contributed by atoms with Crippen molar-refractivity contribution in [1.82, 2.24) is 9.80 Å². The number of benzene rings is 1. The maximum Gasteiger partial charge on any atom is 0.238 e. The van der Waals surface area contributed by atoms with Crippen LogP contribution >= 0.6 is 11.8 Å². The lowest BCUT2D eigenvalue weighted by Gasteiger charge is -2.33. The summed E-state index contributed by atoms with van der Waals surface area (Å²) in [6.45, 7) is 4.66. The van der Waals surface area contributed by atoms with E-state index in [1.165, 1.54) is 11.8 Å². The van der Waals surface area contributed by atoms with E-state index in [0.717, 1.165) is 36.8 Å². The quantitative estimate of drug-likeness (QED) is 0.720. The van der Waals surface area contributed by atoms with Gasteiger partial charge in [-0.2, -0.15) is 5.26 Å². The van der Waals surface area contributed by atoms with Gasteiger partial charge in [0.25, 0.3) is 0 Å². The standard InChI is InChI=1S/C16H22N4O2S/c17-5-12-23-15-4-2-1-3-14(15)18-16(22)13-20-8-6-19(7-9-20)10-11-21/h1-4,21H,6-13H2,(H,18,22). The molecule has 0 bridgehead atoms. The third kappa shape index (κ3) is 5.84. The van der Waals surface area contributed by atoms with Crippen molar-refractivity contribution in [2.45, 2.75) is 4.90 Å². The molecular formula is C16H22N4O2S. The van der Waals surface area contributed by atoms with Gasteiger partial charge in [-0.1, -0.05) is 12.1 Å². The molecule has 1 amide bonds. The molecule has 0 aromatic heterocycles. The van der Waals surface area contributed by atoms with E-state index >= 15 is 0 Å². The van der Waals surface area contributed by atoms with E-state index in [1.807, 2.05) is 24.3 Å². The first-order chi connectivity index (χ1) is 11.2. The van der Waals surface area contributed by atoms with Gasteiger partial charge in [0, 0.05) is 37.6 Å². The number of hydrogen-bond acceptors (Lipinski definition) is 6. The number of aliphatic hydroxyl groups is 1. The Morgan fingerprint density at radius 2 is 1.96 bits per heavy atom. The van der Waals surface area contributed by atoms with E-state index in [-0.39, 0.29) is 12.5 Å². The van der Waals surface area contributed by atoms with Crippen molar-refractivity contribution in [1.29, 1.82) is 5.26 Å². The molecule has 23 heavy (non-hydrogen) atoms. The molecule has 0 spiro atoms. The summed E-state index contributed by atoms with van der Waals surface area (Å²) in [6.07, 6.45) is 0. The van der Waals surface area contributed by atoms with Crippen molar-refractivity contribution in [3.05, 3.63) is 24.3 Å². The van der Waals surface area contributed by atoms with Gasteiger partial charge in [-0.15, -0.1) is 11.8 Å². The highest BCUT2D eigenvalue weighted by Crippen LogP contribution is 2.26. The number of rotatable bonds is 7.